The lowest BCUT2D eigenvalue weighted by atomic mass is 10.1. The highest BCUT2D eigenvalue weighted by molar-refractivity contribution is 6.41. The van der Waals surface area contributed by atoms with E-state index in [1.54, 1.807) is 94.9 Å². The number of para-hydroxylation sites is 2. The molecule has 28 heteroatoms. The first-order chi connectivity index (χ1) is 49.1. The molecule has 0 saturated carbocycles. The fraction of sp³-hybridized carbons (Fsp3) is 0.247. The molecule has 0 unspecified atom stereocenters. The van der Waals surface area contributed by atoms with Crippen LogP contribution >= 0.6 is 69.6 Å². The van der Waals surface area contributed by atoms with Crippen LogP contribution in [0.3, 0.4) is 0 Å². The second-order valence-corrected chi connectivity index (χ2v) is 27.1. The second-order valence-electron chi connectivity index (χ2n) is 24.7. The molecule has 101 heavy (non-hydrogen) atoms. The van der Waals surface area contributed by atoms with Gasteiger partial charge in [-0.15, -0.1) is 0 Å². The minimum atomic E-state index is -0.286. The smallest absolute Gasteiger partial charge is 0.266 e. The van der Waals surface area contributed by atoms with E-state index in [-0.39, 0.29) is 23.6 Å². The molecule has 0 atom stereocenters. The quantitative estimate of drug-likeness (QED) is 0.0561. The Labute approximate surface area is 613 Å². The molecule has 6 N–H and O–H groups in total. The molecule has 3 fully saturated rings. The van der Waals surface area contributed by atoms with E-state index < -0.39 is 0 Å². The summed E-state index contributed by atoms with van der Waals surface area (Å²) in [6.45, 7) is 15.7. The van der Waals surface area contributed by atoms with Gasteiger partial charge in [0.25, 0.3) is 11.5 Å². The average Bonchev–Trinajstić information content (AvgIpc) is 0.795. The number of anilines is 8. The number of pyridine rings is 2. The molecule has 0 radical (unpaired) electrons. The number of aryl methyl sites for hydroxylation is 1. The lowest BCUT2D eigenvalue weighted by Gasteiger charge is -2.35. The van der Waals surface area contributed by atoms with Crippen LogP contribution in [0.4, 0.5) is 46.4 Å². The molecule has 5 aromatic heterocycles. The molecule has 4 aliphatic rings. The molecule has 3 saturated heterocycles. The van der Waals surface area contributed by atoms with Crippen molar-refractivity contribution in [2.45, 2.75) is 19.6 Å². The fourth-order valence-corrected chi connectivity index (χ4v) is 14.2. The van der Waals surface area contributed by atoms with Gasteiger partial charge in [-0.05, 0) is 95.6 Å². The molecular formula is C73H71Cl6N19O3. The lowest BCUT2D eigenvalue weighted by molar-refractivity contribution is 0.0982. The van der Waals surface area contributed by atoms with Crippen molar-refractivity contribution in [2.75, 3.05) is 118 Å². The van der Waals surface area contributed by atoms with Gasteiger partial charge in [0.2, 0.25) is 23.3 Å². The van der Waals surface area contributed by atoms with Gasteiger partial charge in [0, 0.05) is 171 Å². The van der Waals surface area contributed by atoms with Crippen LogP contribution in [0, 0.1) is 0 Å². The number of hydrogen-bond acceptors (Lipinski definition) is 19. The number of amides is 1. The number of nitrogens with zero attached hydrogens (tertiary/aromatic N) is 13. The molecule has 15 rings (SSSR count). The van der Waals surface area contributed by atoms with Gasteiger partial charge in [0.15, 0.2) is 0 Å². The van der Waals surface area contributed by atoms with E-state index in [0.29, 0.717) is 104 Å². The van der Waals surface area contributed by atoms with Gasteiger partial charge >= 0.3 is 0 Å². The zero-order valence-corrected chi connectivity index (χ0v) is 59.7. The maximum absolute atomic E-state index is 13.2. The first kappa shape index (κ1) is 70.6. The van der Waals surface area contributed by atoms with Crippen LogP contribution in [0.2, 0.25) is 30.1 Å². The number of piperazine rings is 3. The first-order valence-electron chi connectivity index (χ1n) is 32.9. The summed E-state index contributed by atoms with van der Waals surface area (Å²) in [4.78, 5) is 77.0. The zero-order valence-electron chi connectivity index (χ0n) is 55.2. The van der Waals surface area contributed by atoms with Gasteiger partial charge in [-0.3, -0.25) is 38.6 Å². The number of carbonyl (C=O) groups is 1. The summed E-state index contributed by atoms with van der Waals surface area (Å²) < 4.78 is 3.20. The number of rotatable bonds is 15. The third kappa shape index (κ3) is 16.9. The van der Waals surface area contributed by atoms with Crippen molar-refractivity contribution in [1.82, 2.24) is 69.7 Å². The van der Waals surface area contributed by atoms with Crippen molar-refractivity contribution in [2.24, 2.45) is 7.05 Å². The van der Waals surface area contributed by atoms with Crippen molar-refractivity contribution in [3.05, 3.63) is 237 Å². The number of nitrogens with one attached hydrogen (secondary N) is 6. The van der Waals surface area contributed by atoms with E-state index in [9.17, 15) is 14.4 Å². The van der Waals surface area contributed by atoms with E-state index >= 15 is 0 Å². The van der Waals surface area contributed by atoms with E-state index in [4.69, 9.17) is 69.6 Å². The molecular weight excluding hydrogens is 1400 g/mol. The van der Waals surface area contributed by atoms with Crippen LogP contribution < -0.4 is 52.7 Å². The molecule has 22 nitrogen and oxygen atoms in total. The first-order valence-corrected chi connectivity index (χ1v) is 35.2. The predicted molar refractivity (Wildman–Crippen MR) is 408 cm³/mol. The average molecular weight is 1480 g/mol. The molecule has 0 bridgehead atoms. The third-order valence-electron chi connectivity index (χ3n) is 17.6. The zero-order chi connectivity index (χ0) is 70.1. The number of benzene rings is 6. The Morgan fingerprint density at radius 1 is 0.455 bits per heavy atom. The molecule has 0 spiro atoms. The SMILES string of the molecule is CN1CN(c2c(Cl)cccc2Cl)C(=O)c2cnc(Nc3ccc(CN4CCNCC4)cc3)nc21.Cn1cc(-c2c(Cl)cccc2Cl)c(=O)c2cnc(Nc3ccc(CN4CCNCC4)cc3)nc21.O=c1c2cnc(Nc3ccc(CN4CCNCC4)cc3)nc2ccn1-c1c(Cl)cccc1Cl. The van der Waals surface area contributed by atoms with Gasteiger partial charge < -0.3 is 41.4 Å². The highest BCUT2D eigenvalue weighted by atomic mass is 35.5. The topological polar surface area (TPSA) is 227 Å². The van der Waals surface area contributed by atoms with Crippen LogP contribution in [0.1, 0.15) is 27.0 Å². The van der Waals surface area contributed by atoms with Crippen molar-refractivity contribution < 1.29 is 4.79 Å². The van der Waals surface area contributed by atoms with E-state index in [1.807, 2.05) is 55.4 Å². The fourth-order valence-electron chi connectivity index (χ4n) is 12.4. The largest absolute Gasteiger partial charge is 0.341 e. The molecule has 6 aromatic carbocycles. The van der Waals surface area contributed by atoms with Crippen LogP contribution in [-0.2, 0) is 26.7 Å². The van der Waals surface area contributed by atoms with Gasteiger partial charge in [0.1, 0.15) is 17.0 Å². The van der Waals surface area contributed by atoms with Crippen LogP contribution in [0.15, 0.2) is 174 Å². The van der Waals surface area contributed by atoms with E-state index in [1.165, 1.54) is 27.5 Å². The molecule has 0 aliphatic carbocycles. The number of fused-ring (bicyclic) bond motifs is 3. The number of carbonyl (C=O) groups excluding carboxylic acids is 1. The van der Waals surface area contributed by atoms with Crippen LogP contribution in [-0.4, -0.2) is 152 Å². The summed E-state index contributed by atoms with van der Waals surface area (Å²) in [7, 11) is 3.70. The Balaban J connectivity index is 0.000000135. The Morgan fingerprint density at radius 2 is 0.871 bits per heavy atom. The highest BCUT2D eigenvalue weighted by Crippen LogP contribution is 2.39. The molecule has 9 heterocycles. The summed E-state index contributed by atoms with van der Waals surface area (Å²) in [5.41, 5.74) is 9.24. The summed E-state index contributed by atoms with van der Waals surface area (Å²) >= 11 is 37.9. The minimum Gasteiger partial charge on any atom is -0.341 e. The lowest BCUT2D eigenvalue weighted by Crippen LogP contribution is -2.46. The van der Waals surface area contributed by atoms with Crippen molar-refractivity contribution >= 4 is 144 Å². The maximum Gasteiger partial charge on any atom is 0.266 e. The third-order valence-corrected chi connectivity index (χ3v) is 19.5. The van der Waals surface area contributed by atoms with Crippen LogP contribution in [0.25, 0.3) is 38.8 Å². The Hall–Kier alpha value is -8.85. The predicted octanol–water partition coefficient (Wildman–Crippen LogP) is 12.7. The Kier molecular flexibility index (Phi) is 22.7. The summed E-state index contributed by atoms with van der Waals surface area (Å²) in [6.07, 6.45) is 7.94. The van der Waals surface area contributed by atoms with Crippen molar-refractivity contribution in [1.29, 1.82) is 0 Å². The Bertz CT molecular complexity index is 4860. The van der Waals surface area contributed by atoms with Crippen molar-refractivity contribution in [3.8, 4) is 16.8 Å². The number of hydrogen-bond donors (Lipinski definition) is 6. The van der Waals surface area contributed by atoms with Gasteiger partial charge in [-0.2, -0.15) is 9.97 Å². The second kappa shape index (κ2) is 32.4. The minimum absolute atomic E-state index is 0.216. The monoisotopic (exact) mass is 1470 g/mol. The maximum atomic E-state index is 13.2. The summed E-state index contributed by atoms with van der Waals surface area (Å²) in [6, 6.07) is 42.0. The van der Waals surface area contributed by atoms with Crippen molar-refractivity contribution in [3.63, 3.8) is 0 Å². The van der Waals surface area contributed by atoms with Gasteiger partial charge in [-0.25, -0.2) is 19.9 Å². The molecule has 1 amide bonds. The Morgan fingerprint density at radius 3 is 1.35 bits per heavy atom. The van der Waals surface area contributed by atoms with E-state index in [0.717, 1.165) is 115 Å². The summed E-state index contributed by atoms with van der Waals surface area (Å²) in [5.74, 6) is 1.58. The highest BCUT2D eigenvalue weighted by Gasteiger charge is 2.33. The number of aromatic nitrogens is 8. The number of halogens is 6. The normalized spacial score (nSPS) is 15.1. The van der Waals surface area contributed by atoms with E-state index in [2.05, 4.69) is 113 Å². The standard InChI is InChI=1S/C25H24Cl2N6O.C24H25Cl2N7O.C24H22Cl2N6O/c1-32-15-19(22-20(26)3-2-4-21(22)27)23(34)18-13-29-25(31-24(18)32)30-17-7-5-16(6-8-17)14-33-11-9-28-10-12-33;1-31-15-33(21-19(25)3-2-4-20(21)26)23(34)18-13-28-24(30-22(18)31)29-17-7-5-16(6-8-17)14-32-11-9-27-10-12-32;25-19-2-1-3-20(26)22(19)32-11-8-21-18(23(32)33)14-28-24(30-21)29-17-6-4-16(5-7-17)15-31-12-9-27-10-13-31/h2-8,13,15,28H,9-12,14H2,1H3,(H,29,30,31);2-8,13,27H,9-12,14-15H2,1H3,(H,28,29,30);1-8,11,14,27H,9-10,12-13,15H2,(H,28,29,30). The van der Waals surface area contributed by atoms with Gasteiger partial charge in [-0.1, -0.05) is 124 Å². The molecule has 518 valence electrons. The molecule has 11 aromatic rings. The molecule has 4 aliphatic heterocycles. The van der Waals surface area contributed by atoms with Crippen LogP contribution in [0.5, 0.6) is 0 Å². The van der Waals surface area contributed by atoms with Gasteiger partial charge in [0.05, 0.1) is 64.5 Å². The summed E-state index contributed by atoms with van der Waals surface area (Å²) in [5, 5.41) is 23.0.